The van der Waals surface area contributed by atoms with Gasteiger partial charge < -0.3 is 19.5 Å². The predicted octanol–water partition coefficient (Wildman–Crippen LogP) is 4.23. The van der Waals surface area contributed by atoms with Crippen LogP contribution >= 0.6 is 0 Å². The average Bonchev–Trinajstić information content (AvgIpc) is 2.78. The molecular formula is C25H29NO5. The minimum atomic E-state index is -0.888. The number of ether oxygens (including phenoxy) is 3. The topological polar surface area (TPSA) is 73.9 Å². The molecule has 0 fully saturated rings. The molecule has 3 rings (SSSR count). The molecule has 0 aromatic heterocycles. The van der Waals surface area contributed by atoms with E-state index >= 15 is 0 Å². The van der Waals surface area contributed by atoms with Crippen LogP contribution in [0.2, 0.25) is 0 Å². The van der Waals surface area contributed by atoms with E-state index in [2.05, 4.69) is 11.4 Å². The van der Waals surface area contributed by atoms with Crippen molar-refractivity contribution < 1.29 is 23.8 Å². The van der Waals surface area contributed by atoms with Gasteiger partial charge >= 0.3 is 5.97 Å². The average molecular weight is 424 g/mol. The van der Waals surface area contributed by atoms with Crippen molar-refractivity contribution in [2.45, 2.75) is 45.3 Å². The summed E-state index contributed by atoms with van der Waals surface area (Å²) in [5, 5.41) is 3.02. The number of nitrogens with one attached hydrogen (secondary N) is 1. The van der Waals surface area contributed by atoms with E-state index in [9.17, 15) is 9.59 Å². The van der Waals surface area contributed by atoms with Crippen LogP contribution in [-0.2, 0) is 20.7 Å². The third kappa shape index (κ3) is 5.87. The lowest BCUT2D eigenvalue weighted by atomic mass is 9.87. The number of aryl methyl sites for hydroxylation is 1. The Morgan fingerprint density at radius 2 is 2.00 bits per heavy atom. The molecule has 2 atom stereocenters. The molecule has 0 aliphatic heterocycles. The van der Waals surface area contributed by atoms with Crippen LogP contribution in [0.4, 0.5) is 0 Å². The zero-order valence-electron chi connectivity index (χ0n) is 18.2. The summed E-state index contributed by atoms with van der Waals surface area (Å²) in [7, 11) is 1.56. The maximum atomic E-state index is 12.6. The molecule has 0 saturated heterocycles. The van der Waals surface area contributed by atoms with Crippen LogP contribution in [0.3, 0.4) is 0 Å². The van der Waals surface area contributed by atoms with Crippen molar-refractivity contribution in [1.29, 1.82) is 0 Å². The van der Waals surface area contributed by atoms with Gasteiger partial charge in [-0.2, -0.15) is 0 Å². The number of carbonyl (C=O) groups is 2. The van der Waals surface area contributed by atoms with E-state index in [-0.39, 0.29) is 11.9 Å². The lowest BCUT2D eigenvalue weighted by molar-refractivity contribution is -0.150. The minimum absolute atomic E-state index is 0.0505. The van der Waals surface area contributed by atoms with Crippen LogP contribution < -0.4 is 14.8 Å². The molecule has 2 aromatic rings. The van der Waals surface area contributed by atoms with Gasteiger partial charge in [0.25, 0.3) is 5.91 Å². The maximum Gasteiger partial charge on any atom is 0.331 e. The van der Waals surface area contributed by atoms with Crippen LogP contribution in [0.15, 0.2) is 48.5 Å². The number of benzene rings is 2. The van der Waals surface area contributed by atoms with Gasteiger partial charge in [-0.3, -0.25) is 4.79 Å². The summed E-state index contributed by atoms with van der Waals surface area (Å²) in [6, 6.07) is 13.4. The highest BCUT2D eigenvalue weighted by Crippen LogP contribution is 2.30. The molecule has 1 aliphatic carbocycles. The summed E-state index contributed by atoms with van der Waals surface area (Å²) in [6.07, 6.45) is 4.94. The van der Waals surface area contributed by atoms with Crippen LogP contribution in [0.25, 0.3) is 6.08 Å². The molecule has 0 heterocycles. The van der Waals surface area contributed by atoms with Gasteiger partial charge in [-0.1, -0.05) is 30.3 Å². The maximum absolute atomic E-state index is 12.6. The van der Waals surface area contributed by atoms with Gasteiger partial charge in [0, 0.05) is 6.08 Å². The molecule has 2 aromatic carbocycles. The van der Waals surface area contributed by atoms with Gasteiger partial charge in [0.2, 0.25) is 0 Å². The van der Waals surface area contributed by atoms with Gasteiger partial charge in [0.05, 0.1) is 19.8 Å². The quantitative estimate of drug-likeness (QED) is 0.508. The molecule has 0 bridgehead atoms. The van der Waals surface area contributed by atoms with E-state index in [4.69, 9.17) is 14.2 Å². The van der Waals surface area contributed by atoms with Crippen molar-refractivity contribution in [2.24, 2.45) is 0 Å². The van der Waals surface area contributed by atoms with E-state index < -0.39 is 12.1 Å². The van der Waals surface area contributed by atoms with Gasteiger partial charge in [-0.05, 0) is 68.0 Å². The number of amides is 1. The monoisotopic (exact) mass is 423 g/mol. The molecule has 0 unspecified atom stereocenters. The Labute approximate surface area is 183 Å². The molecule has 164 valence electrons. The van der Waals surface area contributed by atoms with Crippen molar-refractivity contribution in [3.05, 3.63) is 65.2 Å². The van der Waals surface area contributed by atoms with Crippen molar-refractivity contribution >= 4 is 18.0 Å². The van der Waals surface area contributed by atoms with Crippen LogP contribution in [0.1, 0.15) is 49.4 Å². The number of hydrogen-bond donors (Lipinski definition) is 1. The number of fused-ring (bicyclic) bond motifs is 1. The molecule has 0 radical (unpaired) electrons. The predicted molar refractivity (Wildman–Crippen MR) is 119 cm³/mol. The fraction of sp³-hybridized carbons (Fsp3) is 0.360. The van der Waals surface area contributed by atoms with E-state index in [1.807, 2.05) is 31.2 Å². The summed E-state index contributed by atoms with van der Waals surface area (Å²) in [6.45, 7) is 4.01. The molecule has 31 heavy (non-hydrogen) atoms. The van der Waals surface area contributed by atoms with E-state index in [0.29, 0.717) is 18.1 Å². The van der Waals surface area contributed by atoms with Crippen LogP contribution in [0, 0.1) is 0 Å². The minimum Gasteiger partial charge on any atom is -0.493 e. The highest BCUT2D eigenvalue weighted by molar-refractivity contribution is 5.90. The van der Waals surface area contributed by atoms with Crippen molar-refractivity contribution in [1.82, 2.24) is 5.32 Å². The SMILES string of the molecule is CCOc1ccc(/C=C/C(=O)O[C@@H](C)C(=O)N[C@H]2CCCc3ccccc32)cc1OC. The second-order valence-electron chi connectivity index (χ2n) is 7.41. The Bertz CT molecular complexity index is 953. The fourth-order valence-electron chi connectivity index (χ4n) is 3.69. The molecule has 0 saturated carbocycles. The molecule has 1 amide bonds. The largest absolute Gasteiger partial charge is 0.493 e. The Balaban J connectivity index is 1.56. The Morgan fingerprint density at radius 1 is 1.19 bits per heavy atom. The number of esters is 1. The Hall–Kier alpha value is -3.28. The van der Waals surface area contributed by atoms with Gasteiger partial charge in [-0.25, -0.2) is 4.79 Å². The van der Waals surface area contributed by atoms with Gasteiger partial charge in [-0.15, -0.1) is 0 Å². The molecule has 0 spiro atoms. The fourth-order valence-corrected chi connectivity index (χ4v) is 3.69. The molecule has 1 aliphatic rings. The van der Waals surface area contributed by atoms with E-state index in [0.717, 1.165) is 30.4 Å². The summed E-state index contributed by atoms with van der Waals surface area (Å²) >= 11 is 0. The van der Waals surface area contributed by atoms with Crippen LogP contribution in [-0.4, -0.2) is 31.7 Å². The lowest BCUT2D eigenvalue weighted by Gasteiger charge is -2.27. The first kappa shape index (κ1) is 22.4. The third-order valence-electron chi connectivity index (χ3n) is 5.25. The highest BCUT2D eigenvalue weighted by Gasteiger charge is 2.24. The van der Waals surface area contributed by atoms with Gasteiger partial charge in [0.1, 0.15) is 0 Å². The second-order valence-corrected chi connectivity index (χ2v) is 7.41. The number of carbonyl (C=O) groups excluding carboxylic acids is 2. The zero-order valence-corrected chi connectivity index (χ0v) is 18.2. The third-order valence-corrected chi connectivity index (χ3v) is 5.25. The van der Waals surface area contributed by atoms with E-state index in [1.165, 1.54) is 11.6 Å². The molecule has 6 nitrogen and oxygen atoms in total. The first-order valence-electron chi connectivity index (χ1n) is 10.6. The first-order chi connectivity index (χ1) is 15.0. The van der Waals surface area contributed by atoms with Crippen molar-refractivity contribution in [3.63, 3.8) is 0 Å². The summed E-state index contributed by atoms with van der Waals surface area (Å²) < 4.78 is 16.1. The first-order valence-corrected chi connectivity index (χ1v) is 10.6. The summed E-state index contributed by atoms with van der Waals surface area (Å²) in [5.41, 5.74) is 3.16. The normalized spacial score (nSPS) is 16.3. The number of methoxy groups -OCH3 is 1. The number of rotatable bonds is 8. The Kier molecular flexibility index (Phi) is 7.70. The highest BCUT2D eigenvalue weighted by atomic mass is 16.5. The molecule has 1 N–H and O–H groups in total. The van der Waals surface area contributed by atoms with E-state index in [1.54, 1.807) is 32.2 Å². The summed E-state index contributed by atoms with van der Waals surface area (Å²) in [5.74, 6) is 0.336. The van der Waals surface area contributed by atoms with Gasteiger partial charge in [0.15, 0.2) is 17.6 Å². The standard InChI is InChI=1S/C25H29NO5/c1-4-30-22-14-12-18(16-23(22)29-3)13-15-24(27)31-17(2)25(28)26-21-11-7-9-19-8-5-6-10-20(19)21/h5-6,8,10,12-17,21H,4,7,9,11H2,1-3H3,(H,26,28)/b15-13+/t17-,21-/m0/s1. The second kappa shape index (κ2) is 10.7. The smallest absolute Gasteiger partial charge is 0.331 e. The van der Waals surface area contributed by atoms with Crippen molar-refractivity contribution in [3.8, 4) is 11.5 Å². The zero-order chi connectivity index (χ0) is 22.2. The summed E-state index contributed by atoms with van der Waals surface area (Å²) in [4.78, 5) is 24.8. The molecule has 6 heteroatoms. The lowest BCUT2D eigenvalue weighted by Crippen LogP contribution is -2.39. The molecular weight excluding hydrogens is 394 g/mol. The number of hydrogen-bond acceptors (Lipinski definition) is 5. The Morgan fingerprint density at radius 3 is 2.77 bits per heavy atom. The van der Waals surface area contributed by atoms with Crippen LogP contribution in [0.5, 0.6) is 11.5 Å². The van der Waals surface area contributed by atoms with Crippen molar-refractivity contribution in [2.75, 3.05) is 13.7 Å².